The molecule has 1 N–H and O–H groups in total. The van der Waals surface area contributed by atoms with Crippen LogP contribution < -0.4 is 0 Å². The van der Waals surface area contributed by atoms with Gasteiger partial charge in [-0.15, -0.1) is 0 Å². The minimum absolute atomic E-state index is 0.493. The summed E-state index contributed by atoms with van der Waals surface area (Å²) in [4.78, 5) is 0. The molecule has 3 nitrogen and oxygen atoms in total. The van der Waals surface area contributed by atoms with Crippen molar-refractivity contribution in [2.75, 3.05) is 0 Å². The third kappa shape index (κ3) is 2.62. The number of aromatic nitrogens is 2. The predicted octanol–water partition coefficient (Wildman–Crippen LogP) is 2.80. The lowest BCUT2D eigenvalue weighted by atomic mass is 10.0. The highest BCUT2D eigenvalue weighted by Crippen LogP contribution is 2.21. The standard InChI is InChI=1S/C15H20N2O/c1-4-17-14(9-12(3)16-17)15(18)10-13-8-6-5-7-11(13)2/h5-9,15,18H,4,10H2,1-3H3. The van der Waals surface area contributed by atoms with Crippen LogP contribution in [0.25, 0.3) is 0 Å². The first-order valence-electron chi connectivity index (χ1n) is 6.38. The third-order valence-electron chi connectivity index (χ3n) is 3.25. The lowest BCUT2D eigenvalue weighted by Gasteiger charge is -2.13. The summed E-state index contributed by atoms with van der Waals surface area (Å²) < 4.78 is 1.87. The maximum absolute atomic E-state index is 10.4. The Morgan fingerprint density at radius 2 is 2.00 bits per heavy atom. The second-order valence-electron chi connectivity index (χ2n) is 4.67. The van der Waals surface area contributed by atoms with Crippen LogP contribution in [-0.2, 0) is 13.0 Å². The molecule has 0 saturated heterocycles. The molecule has 0 spiro atoms. The zero-order valence-electron chi connectivity index (χ0n) is 11.2. The molecule has 2 rings (SSSR count). The maximum atomic E-state index is 10.4. The van der Waals surface area contributed by atoms with Gasteiger partial charge < -0.3 is 5.11 Å². The minimum atomic E-state index is -0.493. The summed E-state index contributed by atoms with van der Waals surface area (Å²) in [7, 11) is 0. The first-order valence-corrected chi connectivity index (χ1v) is 6.38. The first kappa shape index (κ1) is 12.8. The lowest BCUT2D eigenvalue weighted by Crippen LogP contribution is -2.10. The topological polar surface area (TPSA) is 38.0 Å². The molecule has 0 bridgehead atoms. The van der Waals surface area contributed by atoms with Gasteiger partial charge in [0.25, 0.3) is 0 Å². The van der Waals surface area contributed by atoms with Crippen LogP contribution in [0, 0.1) is 13.8 Å². The SMILES string of the molecule is CCn1nc(C)cc1C(O)Cc1ccccc1C. The van der Waals surface area contributed by atoms with Crippen molar-refractivity contribution in [2.45, 2.75) is 39.8 Å². The molecule has 0 radical (unpaired) electrons. The molecule has 18 heavy (non-hydrogen) atoms. The van der Waals surface area contributed by atoms with Crippen LogP contribution in [0.5, 0.6) is 0 Å². The van der Waals surface area contributed by atoms with Crippen molar-refractivity contribution in [3.8, 4) is 0 Å². The summed E-state index contributed by atoms with van der Waals surface area (Å²) in [5.74, 6) is 0. The number of aryl methyl sites for hydroxylation is 3. The van der Waals surface area contributed by atoms with E-state index in [-0.39, 0.29) is 0 Å². The monoisotopic (exact) mass is 244 g/mol. The summed E-state index contributed by atoms with van der Waals surface area (Å²) in [5, 5.41) is 14.7. The van der Waals surface area contributed by atoms with E-state index in [9.17, 15) is 5.11 Å². The molecule has 1 heterocycles. The minimum Gasteiger partial charge on any atom is -0.386 e. The van der Waals surface area contributed by atoms with Gasteiger partial charge >= 0.3 is 0 Å². The number of aliphatic hydroxyl groups is 1. The van der Waals surface area contributed by atoms with Crippen LogP contribution in [0.1, 0.15) is 35.5 Å². The number of hydrogen-bond donors (Lipinski definition) is 1. The number of benzene rings is 1. The Morgan fingerprint density at radius 1 is 1.28 bits per heavy atom. The van der Waals surface area contributed by atoms with Gasteiger partial charge in [-0.05, 0) is 38.0 Å². The molecule has 0 saturated carbocycles. The summed E-state index contributed by atoms with van der Waals surface area (Å²) >= 11 is 0. The second-order valence-corrected chi connectivity index (χ2v) is 4.67. The van der Waals surface area contributed by atoms with Crippen LogP contribution in [-0.4, -0.2) is 14.9 Å². The van der Waals surface area contributed by atoms with Crippen molar-refractivity contribution in [3.63, 3.8) is 0 Å². The Hall–Kier alpha value is -1.61. The van der Waals surface area contributed by atoms with Gasteiger partial charge in [0.15, 0.2) is 0 Å². The molecule has 0 amide bonds. The van der Waals surface area contributed by atoms with Gasteiger partial charge in [-0.3, -0.25) is 4.68 Å². The van der Waals surface area contributed by atoms with Crippen molar-refractivity contribution in [1.82, 2.24) is 9.78 Å². The largest absolute Gasteiger partial charge is 0.386 e. The van der Waals surface area contributed by atoms with Gasteiger partial charge in [0.2, 0.25) is 0 Å². The van der Waals surface area contributed by atoms with Gasteiger partial charge in [0.1, 0.15) is 0 Å². The highest BCUT2D eigenvalue weighted by Gasteiger charge is 2.15. The number of rotatable bonds is 4. The molecule has 1 aromatic carbocycles. The quantitative estimate of drug-likeness (QED) is 0.898. The summed E-state index contributed by atoms with van der Waals surface area (Å²) in [6, 6.07) is 10.1. The van der Waals surface area contributed by atoms with Gasteiger partial charge in [0, 0.05) is 13.0 Å². The number of aliphatic hydroxyl groups excluding tert-OH is 1. The van der Waals surface area contributed by atoms with Gasteiger partial charge in [0.05, 0.1) is 17.5 Å². The summed E-state index contributed by atoms with van der Waals surface area (Å²) in [5.41, 5.74) is 4.26. The van der Waals surface area contributed by atoms with Crippen molar-refractivity contribution in [1.29, 1.82) is 0 Å². The third-order valence-corrected chi connectivity index (χ3v) is 3.25. The maximum Gasteiger partial charge on any atom is 0.0997 e. The molecule has 1 aromatic heterocycles. The number of nitrogens with zero attached hydrogens (tertiary/aromatic N) is 2. The van der Waals surface area contributed by atoms with Crippen LogP contribution >= 0.6 is 0 Å². The highest BCUT2D eigenvalue weighted by molar-refractivity contribution is 5.27. The molecular formula is C15H20N2O. The van der Waals surface area contributed by atoms with Crippen molar-refractivity contribution in [3.05, 3.63) is 52.8 Å². The molecule has 0 aliphatic carbocycles. The van der Waals surface area contributed by atoms with Crippen LogP contribution in [0.15, 0.2) is 30.3 Å². The average molecular weight is 244 g/mol. The molecule has 0 aliphatic rings. The van der Waals surface area contributed by atoms with E-state index in [0.29, 0.717) is 6.42 Å². The molecule has 3 heteroatoms. The molecule has 2 aromatic rings. The van der Waals surface area contributed by atoms with E-state index in [0.717, 1.165) is 17.9 Å². The van der Waals surface area contributed by atoms with E-state index in [1.165, 1.54) is 11.1 Å². The normalized spacial score (nSPS) is 12.7. The van der Waals surface area contributed by atoms with E-state index in [2.05, 4.69) is 24.2 Å². The zero-order valence-corrected chi connectivity index (χ0v) is 11.2. The summed E-state index contributed by atoms with van der Waals surface area (Å²) in [6.45, 7) is 6.85. The molecule has 1 unspecified atom stereocenters. The van der Waals surface area contributed by atoms with Gasteiger partial charge in [-0.25, -0.2) is 0 Å². The Morgan fingerprint density at radius 3 is 2.67 bits per heavy atom. The van der Waals surface area contributed by atoms with Gasteiger partial charge in [-0.1, -0.05) is 24.3 Å². The molecule has 0 aliphatic heterocycles. The van der Waals surface area contributed by atoms with Crippen LogP contribution in [0.4, 0.5) is 0 Å². The van der Waals surface area contributed by atoms with Crippen molar-refractivity contribution < 1.29 is 5.11 Å². The fourth-order valence-corrected chi connectivity index (χ4v) is 2.24. The Kier molecular flexibility index (Phi) is 3.82. The lowest BCUT2D eigenvalue weighted by molar-refractivity contribution is 0.167. The predicted molar refractivity (Wildman–Crippen MR) is 72.5 cm³/mol. The van der Waals surface area contributed by atoms with Crippen LogP contribution in [0.2, 0.25) is 0 Å². The van der Waals surface area contributed by atoms with E-state index in [4.69, 9.17) is 0 Å². The zero-order chi connectivity index (χ0) is 13.1. The fraction of sp³-hybridized carbons (Fsp3) is 0.400. The molecule has 96 valence electrons. The number of hydrogen-bond acceptors (Lipinski definition) is 2. The van der Waals surface area contributed by atoms with Gasteiger partial charge in [-0.2, -0.15) is 5.10 Å². The first-order chi connectivity index (χ1) is 8.61. The highest BCUT2D eigenvalue weighted by atomic mass is 16.3. The van der Waals surface area contributed by atoms with E-state index < -0.39 is 6.10 Å². The Balaban J connectivity index is 2.21. The van der Waals surface area contributed by atoms with Crippen molar-refractivity contribution in [2.24, 2.45) is 0 Å². The van der Waals surface area contributed by atoms with E-state index >= 15 is 0 Å². The smallest absolute Gasteiger partial charge is 0.0997 e. The molecular weight excluding hydrogens is 224 g/mol. The van der Waals surface area contributed by atoms with E-state index in [1.54, 1.807) is 0 Å². The van der Waals surface area contributed by atoms with Crippen molar-refractivity contribution >= 4 is 0 Å². The molecule has 0 fully saturated rings. The van der Waals surface area contributed by atoms with Crippen LogP contribution in [0.3, 0.4) is 0 Å². The Bertz CT molecular complexity index is 531. The van der Waals surface area contributed by atoms with E-state index in [1.807, 2.05) is 36.7 Å². The Labute approximate surface area is 108 Å². The fourth-order valence-electron chi connectivity index (χ4n) is 2.24. The average Bonchev–Trinajstić information content (AvgIpc) is 2.73. The second kappa shape index (κ2) is 5.36. The summed E-state index contributed by atoms with van der Waals surface area (Å²) in [6.07, 6.45) is 0.143. The molecule has 1 atom stereocenters.